The molecule has 31 heavy (non-hydrogen) atoms. The number of carbonyl (C=O) groups excluding carboxylic acids is 3. The zero-order valence-electron chi connectivity index (χ0n) is 18.0. The second-order valence-corrected chi connectivity index (χ2v) is 8.87. The lowest BCUT2D eigenvalue weighted by atomic mass is 9.74. The van der Waals surface area contributed by atoms with Gasteiger partial charge in [0.25, 0.3) is 5.91 Å². The summed E-state index contributed by atoms with van der Waals surface area (Å²) in [5.74, 6) is -0.0761. The molecule has 0 aromatic carbocycles. The number of hydrogen-bond acceptors (Lipinski definition) is 5. The van der Waals surface area contributed by atoms with Gasteiger partial charge in [0, 0.05) is 44.9 Å². The molecule has 0 radical (unpaired) electrons. The summed E-state index contributed by atoms with van der Waals surface area (Å²) < 4.78 is 7.21. The largest absolute Gasteiger partial charge is 0.381 e. The van der Waals surface area contributed by atoms with Crippen LogP contribution in [0.1, 0.15) is 42.5 Å². The number of amides is 3. The van der Waals surface area contributed by atoms with E-state index in [0.717, 1.165) is 12.8 Å². The van der Waals surface area contributed by atoms with Gasteiger partial charge in [0.1, 0.15) is 0 Å². The van der Waals surface area contributed by atoms with Crippen molar-refractivity contribution in [2.45, 2.75) is 38.1 Å². The van der Waals surface area contributed by atoms with Crippen LogP contribution in [0.3, 0.4) is 0 Å². The van der Waals surface area contributed by atoms with Crippen molar-refractivity contribution >= 4 is 17.7 Å². The summed E-state index contributed by atoms with van der Waals surface area (Å²) in [4.78, 5) is 40.1. The lowest BCUT2D eigenvalue weighted by molar-refractivity contribution is -0.135. The van der Waals surface area contributed by atoms with E-state index in [-0.39, 0.29) is 36.2 Å². The molecule has 0 unspecified atom stereocenters. The number of aryl methyl sites for hydroxylation is 1. The van der Waals surface area contributed by atoms with Gasteiger partial charge < -0.3 is 20.3 Å². The van der Waals surface area contributed by atoms with Crippen LogP contribution in [0.5, 0.6) is 0 Å². The van der Waals surface area contributed by atoms with Crippen molar-refractivity contribution in [1.29, 1.82) is 0 Å². The standard InChI is InChI=1S/C22H31N5O4/c1-26-14-17(12-24-26)20(29)27-9-7-22(8-10-27)6-3-2-4-16-15-31-11-5-18(16)25-19(28)13-23-21(22)30/h2-3,12,14,16,18H,4-11,13,15H2,1H3,(H,23,30)(H,25,28)/b3-2+/t16-,18+/m0/s1. The fourth-order valence-corrected chi connectivity index (χ4v) is 4.78. The fourth-order valence-electron chi connectivity index (χ4n) is 4.78. The number of allylic oxidation sites excluding steroid dienone is 2. The third kappa shape index (κ3) is 4.81. The Morgan fingerprint density at radius 3 is 2.81 bits per heavy atom. The van der Waals surface area contributed by atoms with Crippen molar-refractivity contribution in [2.75, 3.05) is 32.8 Å². The molecule has 2 saturated heterocycles. The maximum Gasteiger partial charge on any atom is 0.257 e. The first-order valence-electron chi connectivity index (χ1n) is 11.1. The van der Waals surface area contributed by atoms with Crippen LogP contribution in [-0.2, 0) is 21.4 Å². The predicted octanol–water partition coefficient (Wildman–Crippen LogP) is 0.630. The maximum atomic E-state index is 13.1. The van der Waals surface area contributed by atoms with E-state index in [1.807, 2.05) is 0 Å². The van der Waals surface area contributed by atoms with E-state index in [0.29, 0.717) is 51.1 Å². The third-order valence-corrected chi connectivity index (χ3v) is 6.79. The Balaban J connectivity index is 1.45. The monoisotopic (exact) mass is 429 g/mol. The Morgan fingerprint density at radius 2 is 2.06 bits per heavy atom. The van der Waals surface area contributed by atoms with Gasteiger partial charge in [0.15, 0.2) is 0 Å². The lowest BCUT2D eigenvalue weighted by Gasteiger charge is -2.40. The van der Waals surface area contributed by atoms with Gasteiger partial charge >= 0.3 is 0 Å². The molecule has 168 valence electrons. The molecule has 2 fully saturated rings. The van der Waals surface area contributed by atoms with Gasteiger partial charge in [-0.3, -0.25) is 19.1 Å². The van der Waals surface area contributed by atoms with Crippen molar-refractivity contribution in [2.24, 2.45) is 18.4 Å². The smallest absolute Gasteiger partial charge is 0.257 e. The van der Waals surface area contributed by atoms with Crippen molar-refractivity contribution in [3.63, 3.8) is 0 Å². The number of carbonyl (C=O) groups is 3. The first kappa shape index (κ1) is 21.5. The minimum Gasteiger partial charge on any atom is -0.381 e. The minimum absolute atomic E-state index is 0.0211. The van der Waals surface area contributed by atoms with Crippen molar-refractivity contribution < 1.29 is 19.1 Å². The van der Waals surface area contributed by atoms with Crippen LogP contribution in [0, 0.1) is 11.3 Å². The summed E-state index contributed by atoms with van der Waals surface area (Å²) in [6.45, 7) is 2.26. The zero-order valence-corrected chi connectivity index (χ0v) is 18.0. The molecule has 1 aromatic heterocycles. The van der Waals surface area contributed by atoms with Crippen LogP contribution in [0.4, 0.5) is 0 Å². The maximum absolute atomic E-state index is 13.1. The van der Waals surface area contributed by atoms with E-state index in [9.17, 15) is 14.4 Å². The average molecular weight is 430 g/mol. The molecule has 0 saturated carbocycles. The van der Waals surface area contributed by atoms with Gasteiger partial charge in [-0.1, -0.05) is 12.2 Å². The van der Waals surface area contributed by atoms with Gasteiger partial charge in [0.2, 0.25) is 11.8 Å². The molecule has 3 amide bonds. The molecule has 9 nitrogen and oxygen atoms in total. The highest BCUT2D eigenvalue weighted by Crippen LogP contribution is 2.36. The average Bonchev–Trinajstić information content (AvgIpc) is 3.21. The number of nitrogens with zero attached hydrogens (tertiary/aromatic N) is 3. The molecule has 9 heteroatoms. The summed E-state index contributed by atoms with van der Waals surface area (Å²) in [6.07, 6.45) is 10.8. The molecule has 4 rings (SSSR count). The van der Waals surface area contributed by atoms with Gasteiger partial charge in [-0.15, -0.1) is 0 Å². The highest BCUT2D eigenvalue weighted by molar-refractivity contribution is 5.94. The lowest BCUT2D eigenvalue weighted by Crippen LogP contribution is -2.53. The molecule has 0 bridgehead atoms. The van der Waals surface area contributed by atoms with E-state index in [1.54, 1.807) is 29.0 Å². The first-order valence-corrected chi connectivity index (χ1v) is 11.1. The van der Waals surface area contributed by atoms with Crippen LogP contribution < -0.4 is 10.6 Å². The van der Waals surface area contributed by atoms with E-state index >= 15 is 0 Å². The molecule has 1 spiro atoms. The minimum atomic E-state index is -0.607. The topological polar surface area (TPSA) is 106 Å². The molecule has 3 aliphatic heterocycles. The summed E-state index contributed by atoms with van der Waals surface area (Å²) in [5, 5.41) is 9.99. The number of rotatable bonds is 1. The quantitative estimate of drug-likeness (QED) is 0.637. The van der Waals surface area contributed by atoms with Crippen LogP contribution in [-0.4, -0.2) is 71.3 Å². The molecule has 2 atom stereocenters. The van der Waals surface area contributed by atoms with Crippen LogP contribution in [0.15, 0.2) is 24.5 Å². The van der Waals surface area contributed by atoms with Crippen LogP contribution in [0.25, 0.3) is 0 Å². The number of ether oxygens (including phenoxy) is 1. The second-order valence-electron chi connectivity index (χ2n) is 8.87. The Bertz CT molecular complexity index is 856. The van der Waals surface area contributed by atoms with Crippen LogP contribution in [0.2, 0.25) is 0 Å². The number of nitrogens with one attached hydrogen (secondary N) is 2. The van der Waals surface area contributed by atoms with E-state index in [1.165, 1.54) is 0 Å². The first-order chi connectivity index (χ1) is 15.0. The Kier molecular flexibility index (Phi) is 6.41. The Labute approximate surface area is 182 Å². The Morgan fingerprint density at radius 1 is 1.26 bits per heavy atom. The second kappa shape index (κ2) is 9.21. The highest BCUT2D eigenvalue weighted by Gasteiger charge is 2.42. The van der Waals surface area contributed by atoms with Gasteiger partial charge in [-0.25, -0.2) is 0 Å². The van der Waals surface area contributed by atoms with Crippen molar-refractivity contribution in [3.8, 4) is 0 Å². The number of hydrogen-bond donors (Lipinski definition) is 2. The molecule has 4 heterocycles. The van der Waals surface area contributed by atoms with Gasteiger partial charge in [-0.05, 0) is 32.1 Å². The number of fused-ring (bicyclic) bond motifs is 1. The number of likely N-dealkylation sites (tertiary alicyclic amines) is 1. The van der Waals surface area contributed by atoms with E-state index in [2.05, 4.69) is 27.9 Å². The van der Waals surface area contributed by atoms with Gasteiger partial charge in [0.05, 0.1) is 30.3 Å². The molecule has 3 aliphatic rings. The predicted molar refractivity (Wildman–Crippen MR) is 113 cm³/mol. The third-order valence-electron chi connectivity index (χ3n) is 6.79. The molecular formula is C22H31N5O4. The van der Waals surface area contributed by atoms with Crippen LogP contribution >= 0.6 is 0 Å². The SMILES string of the molecule is Cn1cc(C(=O)N2CCC3(C/C=C/C[C@H]4COCC[C@H]4NC(=O)CNC3=O)CC2)cn1. The number of aromatic nitrogens is 2. The highest BCUT2D eigenvalue weighted by atomic mass is 16.5. The summed E-state index contributed by atoms with van der Waals surface area (Å²) in [6, 6.07) is 0.0814. The molecular weight excluding hydrogens is 398 g/mol. The summed E-state index contributed by atoms with van der Waals surface area (Å²) in [5.41, 5.74) is -0.0492. The molecule has 1 aromatic rings. The summed E-state index contributed by atoms with van der Waals surface area (Å²) in [7, 11) is 1.78. The van der Waals surface area contributed by atoms with E-state index in [4.69, 9.17) is 4.74 Å². The van der Waals surface area contributed by atoms with Crippen molar-refractivity contribution in [1.82, 2.24) is 25.3 Å². The zero-order chi connectivity index (χ0) is 21.8. The summed E-state index contributed by atoms with van der Waals surface area (Å²) >= 11 is 0. The van der Waals surface area contributed by atoms with E-state index < -0.39 is 5.41 Å². The molecule has 2 N–H and O–H groups in total. The normalized spacial score (nSPS) is 28.0. The van der Waals surface area contributed by atoms with Gasteiger partial charge in [-0.2, -0.15) is 5.10 Å². The van der Waals surface area contributed by atoms with Crippen molar-refractivity contribution in [3.05, 3.63) is 30.1 Å². The Hall–Kier alpha value is -2.68. The molecule has 0 aliphatic carbocycles. The fraction of sp³-hybridized carbons (Fsp3) is 0.636. The number of piperidine rings is 1.